The van der Waals surface area contributed by atoms with E-state index in [1.54, 1.807) is 19.1 Å². The third-order valence-electron chi connectivity index (χ3n) is 2.26. The van der Waals surface area contributed by atoms with E-state index in [1.165, 1.54) is 6.07 Å². The van der Waals surface area contributed by atoms with Crippen molar-refractivity contribution < 1.29 is 13.9 Å². The number of halogens is 1. The molecule has 0 fully saturated rings. The Kier molecular flexibility index (Phi) is 5.38. The molecule has 0 bridgehead atoms. The van der Waals surface area contributed by atoms with Crippen LogP contribution < -0.4 is 10.5 Å². The van der Waals surface area contributed by atoms with Gasteiger partial charge in [0.2, 0.25) is 0 Å². The molecule has 1 aromatic carbocycles. The molecule has 0 spiro atoms. The number of nitrogens with two attached hydrogens (primary N) is 1. The average molecular weight is 241 g/mol. The van der Waals surface area contributed by atoms with Crippen LogP contribution in [0, 0.1) is 5.82 Å². The molecule has 0 aliphatic rings. The summed E-state index contributed by atoms with van der Waals surface area (Å²) in [6.45, 7) is 6.51. The molecule has 1 rings (SSSR count). The lowest BCUT2D eigenvalue weighted by molar-refractivity contribution is 0.0549. The van der Waals surface area contributed by atoms with Crippen LogP contribution in [0.25, 0.3) is 0 Å². The Morgan fingerprint density at radius 3 is 2.53 bits per heavy atom. The van der Waals surface area contributed by atoms with Gasteiger partial charge in [0, 0.05) is 11.6 Å². The van der Waals surface area contributed by atoms with E-state index in [9.17, 15) is 4.39 Å². The molecular weight excluding hydrogens is 221 g/mol. The van der Waals surface area contributed by atoms with Crippen LogP contribution in [0.1, 0.15) is 32.4 Å². The van der Waals surface area contributed by atoms with Crippen molar-refractivity contribution in [2.24, 2.45) is 5.73 Å². The number of hydrogen-bond donors (Lipinski definition) is 1. The van der Waals surface area contributed by atoms with Gasteiger partial charge in [-0.15, -0.1) is 0 Å². The Balaban J connectivity index is 2.61. The molecule has 96 valence electrons. The Morgan fingerprint density at radius 1 is 1.24 bits per heavy atom. The molecule has 0 aromatic heterocycles. The molecule has 0 heterocycles. The smallest absolute Gasteiger partial charge is 0.131 e. The average Bonchev–Trinajstić information content (AvgIpc) is 2.23. The first-order chi connectivity index (χ1) is 8.02. The van der Waals surface area contributed by atoms with E-state index >= 15 is 0 Å². The van der Waals surface area contributed by atoms with Gasteiger partial charge in [-0.2, -0.15) is 0 Å². The highest BCUT2D eigenvalue weighted by molar-refractivity contribution is 5.36. The van der Waals surface area contributed by atoms with Crippen molar-refractivity contribution >= 4 is 0 Å². The summed E-state index contributed by atoms with van der Waals surface area (Å²) >= 11 is 0. The fourth-order valence-electron chi connectivity index (χ4n) is 1.52. The van der Waals surface area contributed by atoms with Gasteiger partial charge in [0.25, 0.3) is 0 Å². The summed E-state index contributed by atoms with van der Waals surface area (Å²) in [7, 11) is 0. The van der Waals surface area contributed by atoms with Crippen LogP contribution in [0.5, 0.6) is 5.75 Å². The lowest BCUT2D eigenvalue weighted by atomic mass is 10.1. The van der Waals surface area contributed by atoms with Gasteiger partial charge in [0.05, 0.1) is 12.7 Å². The largest absolute Gasteiger partial charge is 0.491 e. The van der Waals surface area contributed by atoms with E-state index in [0.29, 0.717) is 24.5 Å². The number of rotatable bonds is 6. The number of hydrogen-bond acceptors (Lipinski definition) is 3. The van der Waals surface area contributed by atoms with Crippen molar-refractivity contribution in [3.05, 3.63) is 29.6 Å². The molecule has 0 radical (unpaired) electrons. The van der Waals surface area contributed by atoms with Crippen molar-refractivity contribution in [2.75, 3.05) is 13.2 Å². The summed E-state index contributed by atoms with van der Waals surface area (Å²) in [6, 6.07) is 4.32. The fraction of sp³-hybridized carbons (Fsp3) is 0.538. The van der Waals surface area contributed by atoms with Crippen LogP contribution in [-0.2, 0) is 4.74 Å². The van der Waals surface area contributed by atoms with Crippen molar-refractivity contribution in [1.82, 2.24) is 0 Å². The zero-order valence-electron chi connectivity index (χ0n) is 10.6. The van der Waals surface area contributed by atoms with E-state index in [-0.39, 0.29) is 11.9 Å². The third-order valence-corrected chi connectivity index (χ3v) is 2.26. The van der Waals surface area contributed by atoms with Gasteiger partial charge in [-0.05, 0) is 32.9 Å². The van der Waals surface area contributed by atoms with Gasteiger partial charge in [0.15, 0.2) is 0 Å². The lowest BCUT2D eigenvalue weighted by Gasteiger charge is -2.15. The van der Waals surface area contributed by atoms with Gasteiger partial charge in [-0.25, -0.2) is 4.39 Å². The molecule has 0 amide bonds. The van der Waals surface area contributed by atoms with Crippen LogP contribution in [0.2, 0.25) is 0 Å². The van der Waals surface area contributed by atoms with Gasteiger partial charge < -0.3 is 15.2 Å². The van der Waals surface area contributed by atoms with E-state index in [4.69, 9.17) is 15.2 Å². The zero-order valence-corrected chi connectivity index (χ0v) is 10.6. The quantitative estimate of drug-likeness (QED) is 0.779. The van der Waals surface area contributed by atoms with Crippen LogP contribution in [0.3, 0.4) is 0 Å². The van der Waals surface area contributed by atoms with E-state index in [1.807, 2.05) is 13.8 Å². The van der Waals surface area contributed by atoms with Crippen molar-refractivity contribution in [3.8, 4) is 5.75 Å². The molecule has 0 saturated heterocycles. The Bertz CT molecular complexity index is 353. The number of ether oxygens (including phenoxy) is 2. The summed E-state index contributed by atoms with van der Waals surface area (Å²) in [5.41, 5.74) is 6.13. The normalized spacial score (nSPS) is 12.8. The van der Waals surface area contributed by atoms with Crippen molar-refractivity contribution in [1.29, 1.82) is 0 Å². The summed E-state index contributed by atoms with van der Waals surface area (Å²) in [6.07, 6.45) is 0.166. The maximum atomic E-state index is 13.5. The van der Waals surface area contributed by atoms with Crippen LogP contribution >= 0.6 is 0 Å². The minimum absolute atomic E-state index is 0.166. The summed E-state index contributed by atoms with van der Waals surface area (Å²) in [5.74, 6) is 0.162. The van der Waals surface area contributed by atoms with Gasteiger partial charge in [-0.3, -0.25) is 0 Å². The van der Waals surface area contributed by atoms with Crippen molar-refractivity contribution in [3.63, 3.8) is 0 Å². The summed E-state index contributed by atoms with van der Waals surface area (Å²) in [4.78, 5) is 0. The fourth-order valence-corrected chi connectivity index (χ4v) is 1.52. The predicted octanol–water partition coefficient (Wildman–Crippen LogP) is 2.65. The molecule has 4 heteroatoms. The maximum absolute atomic E-state index is 13.5. The first kappa shape index (κ1) is 13.9. The monoisotopic (exact) mass is 241 g/mol. The van der Waals surface area contributed by atoms with E-state index in [0.717, 1.165) is 0 Å². The highest BCUT2D eigenvalue weighted by Crippen LogP contribution is 2.26. The number of benzene rings is 1. The standard InChI is InChI=1S/C13H20FNO2/c1-9(2)16-7-8-17-12-6-4-5-11(14)13(12)10(3)15/h4-6,9-10H,7-8,15H2,1-3H3/t10-/m1/s1. The predicted molar refractivity (Wildman–Crippen MR) is 65.6 cm³/mol. The highest BCUT2D eigenvalue weighted by atomic mass is 19.1. The van der Waals surface area contributed by atoms with Gasteiger partial charge in [0.1, 0.15) is 18.2 Å². The van der Waals surface area contributed by atoms with Crippen LogP contribution in [-0.4, -0.2) is 19.3 Å². The first-order valence-corrected chi connectivity index (χ1v) is 5.80. The Morgan fingerprint density at radius 2 is 1.94 bits per heavy atom. The second-order valence-corrected chi connectivity index (χ2v) is 4.21. The Hall–Kier alpha value is -1.13. The molecule has 0 aliphatic carbocycles. The summed E-state index contributed by atoms with van der Waals surface area (Å²) in [5, 5.41) is 0. The van der Waals surface area contributed by atoms with E-state index < -0.39 is 6.04 Å². The second-order valence-electron chi connectivity index (χ2n) is 4.21. The first-order valence-electron chi connectivity index (χ1n) is 5.80. The highest BCUT2D eigenvalue weighted by Gasteiger charge is 2.13. The Labute approximate surface area is 102 Å². The molecule has 1 atom stereocenters. The molecule has 3 nitrogen and oxygen atoms in total. The van der Waals surface area contributed by atoms with Gasteiger partial charge in [-0.1, -0.05) is 6.07 Å². The molecule has 17 heavy (non-hydrogen) atoms. The van der Waals surface area contributed by atoms with E-state index in [2.05, 4.69) is 0 Å². The maximum Gasteiger partial charge on any atom is 0.131 e. The third kappa shape index (κ3) is 4.32. The molecule has 0 saturated carbocycles. The zero-order chi connectivity index (χ0) is 12.8. The SMILES string of the molecule is CC(C)OCCOc1cccc(F)c1[C@@H](C)N. The van der Waals surface area contributed by atoms with Crippen molar-refractivity contribution in [2.45, 2.75) is 32.9 Å². The summed E-state index contributed by atoms with van der Waals surface area (Å²) < 4.78 is 24.4. The lowest BCUT2D eigenvalue weighted by Crippen LogP contribution is -2.14. The molecule has 1 aromatic rings. The minimum Gasteiger partial charge on any atom is -0.491 e. The molecule has 0 aliphatic heterocycles. The molecule has 0 unspecified atom stereocenters. The molecular formula is C13H20FNO2. The van der Waals surface area contributed by atoms with Gasteiger partial charge >= 0.3 is 0 Å². The van der Waals surface area contributed by atoms with Crippen LogP contribution in [0.15, 0.2) is 18.2 Å². The molecule has 2 N–H and O–H groups in total. The minimum atomic E-state index is -0.391. The topological polar surface area (TPSA) is 44.5 Å². The van der Waals surface area contributed by atoms with Crippen LogP contribution in [0.4, 0.5) is 4.39 Å². The second kappa shape index (κ2) is 6.57.